The lowest BCUT2D eigenvalue weighted by atomic mass is 9.87. The predicted molar refractivity (Wildman–Crippen MR) is 235 cm³/mol. The van der Waals surface area contributed by atoms with Crippen LogP contribution < -0.4 is 20.2 Å². The largest absolute Gasteiger partial charge is 0.511 e. The Labute approximate surface area is 384 Å². The van der Waals surface area contributed by atoms with Crippen molar-refractivity contribution < 1.29 is 60.9 Å². The topological polar surface area (TPSA) is 224 Å². The SMILES string of the molecule is CC[C@@H]([C@H](C)OC(=O)OC(C)OC(=O)CCCOP(=O)(O)O)n1ncn(-c2ccc(N3CCN(c4ccc(OC[C@@H]5CO[C@@](Cn6cncn6)(c6ccc(F)cc6F)C5)cc4)CC3)cc2)c1=O. The van der Waals surface area contributed by atoms with E-state index in [1.165, 1.54) is 47.3 Å². The van der Waals surface area contributed by atoms with Crippen molar-refractivity contribution in [1.82, 2.24) is 29.1 Å². The predicted octanol–water partition coefficient (Wildman–Crippen LogP) is 5.51. The number of hydrogen-bond donors (Lipinski definition) is 2. The number of hydrogen-bond acceptors (Lipinski definition) is 15. The van der Waals surface area contributed by atoms with Gasteiger partial charge < -0.3 is 43.3 Å². The fraction of sp³-hybridized carbons (Fsp3) is 0.455. The summed E-state index contributed by atoms with van der Waals surface area (Å²) in [5.41, 5.74) is 1.43. The Morgan fingerprint density at radius 2 is 1.58 bits per heavy atom. The molecule has 2 saturated heterocycles. The lowest BCUT2D eigenvalue weighted by Crippen LogP contribution is -2.46. The average Bonchev–Trinajstić information content (AvgIpc) is 4.06. The van der Waals surface area contributed by atoms with Crippen LogP contribution in [0.3, 0.4) is 0 Å². The number of nitrogens with zero attached hydrogens (tertiary/aromatic N) is 8. The van der Waals surface area contributed by atoms with E-state index < -0.39 is 61.3 Å². The number of esters is 1. The molecule has 0 bridgehead atoms. The summed E-state index contributed by atoms with van der Waals surface area (Å²) in [5.74, 6) is -1.47. The number of phosphoric ester groups is 1. The average molecular weight is 955 g/mol. The monoisotopic (exact) mass is 954 g/mol. The molecule has 2 aromatic heterocycles. The van der Waals surface area contributed by atoms with Gasteiger partial charge in [0.25, 0.3) is 0 Å². The molecule has 0 radical (unpaired) electrons. The van der Waals surface area contributed by atoms with Gasteiger partial charge in [0.1, 0.15) is 48.1 Å². The van der Waals surface area contributed by atoms with E-state index in [9.17, 15) is 23.3 Å². The van der Waals surface area contributed by atoms with E-state index in [0.29, 0.717) is 37.5 Å². The van der Waals surface area contributed by atoms with E-state index in [1.807, 2.05) is 55.5 Å². The lowest BCUT2D eigenvalue weighted by Gasteiger charge is -2.37. The van der Waals surface area contributed by atoms with Crippen molar-refractivity contribution in [3.8, 4) is 11.4 Å². The van der Waals surface area contributed by atoms with Gasteiger partial charge in [0.2, 0.25) is 6.29 Å². The number of carbonyl (C=O) groups is 2. The zero-order chi connectivity index (χ0) is 47.7. The Balaban J connectivity index is 0.862. The zero-order valence-electron chi connectivity index (χ0n) is 37.1. The summed E-state index contributed by atoms with van der Waals surface area (Å²) in [6.45, 7) is 8.30. The molecule has 67 heavy (non-hydrogen) atoms. The first-order valence-corrected chi connectivity index (χ1v) is 23.3. The second-order valence-corrected chi connectivity index (χ2v) is 17.5. The van der Waals surface area contributed by atoms with Gasteiger partial charge in [-0.2, -0.15) is 10.2 Å². The van der Waals surface area contributed by atoms with Crippen LogP contribution in [0.5, 0.6) is 5.75 Å². The summed E-state index contributed by atoms with van der Waals surface area (Å²) in [7, 11) is -4.65. The number of halogens is 2. The van der Waals surface area contributed by atoms with Crippen molar-refractivity contribution in [3.63, 3.8) is 0 Å². The molecule has 2 fully saturated rings. The summed E-state index contributed by atoms with van der Waals surface area (Å²) < 4.78 is 75.9. The van der Waals surface area contributed by atoms with E-state index >= 15 is 4.39 Å². The molecule has 20 nitrogen and oxygen atoms in total. The van der Waals surface area contributed by atoms with Crippen molar-refractivity contribution in [1.29, 1.82) is 0 Å². The maximum Gasteiger partial charge on any atom is 0.511 e. The first kappa shape index (κ1) is 48.7. The van der Waals surface area contributed by atoms with Crippen molar-refractivity contribution in [2.45, 2.75) is 77.0 Å². The number of ether oxygens (including phenoxy) is 5. The summed E-state index contributed by atoms with van der Waals surface area (Å²) in [6.07, 6.45) is 1.59. The van der Waals surface area contributed by atoms with Gasteiger partial charge in [0.15, 0.2) is 0 Å². The van der Waals surface area contributed by atoms with Gasteiger partial charge in [0.05, 0.1) is 38.1 Å². The molecule has 4 heterocycles. The Morgan fingerprint density at radius 3 is 2.21 bits per heavy atom. The molecule has 2 aliphatic heterocycles. The minimum absolute atomic E-state index is 0.0270. The van der Waals surface area contributed by atoms with Crippen LogP contribution >= 0.6 is 7.82 Å². The number of rotatable bonds is 20. The number of carbonyl (C=O) groups excluding carboxylic acids is 2. The Morgan fingerprint density at radius 1 is 0.910 bits per heavy atom. The molecule has 2 aliphatic rings. The number of phosphoric acid groups is 1. The van der Waals surface area contributed by atoms with Gasteiger partial charge in [-0.15, -0.1) is 0 Å². The summed E-state index contributed by atoms with van der Waals surface area (Å²) in [4.78, 5) is 64.1. The van der Waals surface area contributed by atoms with Crippen LogP contribution in [0.15, 0.2) is 90.5 Å². The molecule has 0 amide bonds. The van der Waals surface area contributed by atoms with Crippen molar-refractivity contribution >= 4 is 31.3 Å². The molecule has 360 valence electrons. The van der Waals surface area contributed by atoms with E-state index in [1.54, 1.807) is 11.6 Å². The van der Waals surface area contributed by atoms with Gasteiger partial charge in [-0.1, -0.05) is 13.0 Å². The number of benzene rings is 3. The summed E-state index contributed by atoms with van der Waals surface area (Å²) in [5, 5.41) is 8.49. The molecule has 0 saturated carbocycles. The van der Waals surface area contributed by atoms with E-state index in [-0.39, 0.29) is 37.5 Å². The van der Waals surface area contributed by atoms with E-state index in [2.05, 4.69) is 29.5 Å². The molecule has 5 aromatic rings. The molecule has 23 heteroatoms. The third-order valence-electron chi connectivity index (χ3n) is 11.6. The Kier molecular flexibility index (Phi) is 15.7. The van der Waals surface area contributed by atoms with Gasteiger partial charge in [-0.3, -0.25) is 9.32 Å². The second kappa shape index (κ2) is 21.6. The highest BCUT2D eigenvalue weighted by Gasteiger charge is 2.45. The van der Waals surface area contributed by atoms with Crippen LogP contribution in [0.1, 0.15) is 58.1 Å². The fourth-order valence-electron chi connectivity index (χ4n) is 8.29. The smallest absolute Gasteiger partial charge is 0.493 e. The third kappa shape index (κ3) is 12.6. The van der Waals surface area contributed by atoms with Gasteiger partial charge in [-0.25, -0.2) is 41.8 Å². The van der Waals surface area contributed by atoms with Crippen molar-refractivity contribution in [2.75, 3.05) is 55.8 Å². The van der Waals surface area contributed by atoms with E-state index in [0.717, 1.165) is 43.6 Å². The van der Waals surface area contributed by atoms with Gasteiger partial charge >= 0.3 is 25.6 Å². The van der Waals surface area contributed by atoms with E-state index in [4.69, 9.17) is 33.5 Å². The highest BCUT2D eigenvalue weighted by atomic mass is 31.2. The molecule has 0 aliphatic carbocycles. The van der Waals surface area contributed by atoms with Crippen LogP contribution in [0, 0.1) is 17.6 Å². The van der Waals surface area contributed by atoms with Crippen LogP contribution in [-0.2, 0) is 45.0 Å². The van der Waals surface area contributed by atoms with Crippen molar-refractivity contribution in [3.05, 3.63) is 113 Å². The Hall–Kier alpha value is -6.19. The van der Waals surface area contributed by atoms with Crippen LogP contribution in [0.2, 0.25) is 0 Å². The zero-order valence-corrected chi connectivity index (χ0v) is 38.0. The number of aromatic nitrogens is 6. The number of piperazine rings is 1. The second-order valence-electron chi connectivity index (χ2n) is 16.3. The van der Waals surface area contributed by atoms with Gasteiger partial charge in [0, 0.05) is 68.4 Å². The summed E-state index contributed by atoms with van der Waals surface area (Å²) in [6, 6.07) is 18.4. The molecule has 0 spiro atoms. The molecule has 7 rings (SSSR count). The highest BCUT2D eigenvalue weighted by molar-refractivity contribution is 7.46. The first-order valence-electron chi connectivity index (χ1n) is 21.8. The molecule has 3 aromatic carbocycles. The Bertz CT molecular complexity index is 2530. The quantitative estimate of drug-likeness (QED) is 0.0424. The minimum atomic E-state index is -4.65. The van der Waals surface area contributed by atoms with Crippen LogP contribution in [-0.4, -0.2) is 109 Å². The molecule has 1 unspecified atom stereocenters. The van der Waals surface area contributed by atoms with Gasteiger partial charge in [-0.05, 0) is 80.8 Å². The van der Waals surface area contributed by atoms with Crippen LogP contribution in [0.25, 0.3) is 5.69 Å². The highest BCUT2D eigenvalue weighted by Crippen LogP contribution is 2.42. The minimum Gasteiger partial charge on any atom is -0.493 e. The van der Waals surface area contributed by atoms with Crippen molar-refractivity contribution in [2.24, 2.45) is 5.92 Å². The maximum atomic E-state index is 15.0. The summed E-state index contributed by atoms with van der Waals surface area (Å²) >= 11 is 0. The lowest BCUT2D eigenvalue weighted by molar-refractivity contribution is -0.169. The van der Waals surface area contributed by atoms with Crippen LogP contribution in [0.4, 0.5) is 25.0 Å². The normalized spacial score (nSPS) is 18.9. The first-order chi connectivity index (χ1) is 32.1. The molecule has 5 atom stereocenters. The standard InChI is InChI=1S/C44H53F2N8O12P/c1-4-40(30(2)64-43(57)66-31(3)65-41(55)6-5-21-63-67(58,59)60)54-42(56)53(29-49-54)36-10-8-34(9-11-36)50-17-19-51(20-18-50)35-12-14-37(15-13-35)61-24-32-23-44(62-25-32,26-52-28-47-27-48-52)38-16-7-33(45)22-39(38)46/h7-16,22,27-32,40H,4-6,17-21,23-26H2,1-3H3,(H2,58,59,60)/t30-,31?,32+,40-,44-/m0/s1. The maximum absolute atomic E-state index is 15.0. The number of anilines is 2. The fourth-order valence-corrected chi connectivity index (χ4v) is 8.65. The molecule has 2 N–H and O–H groups in total. The molecular weight excluding hydrogens is 901 g/mol. The molecular formula is C44H53F2N8O12P. The third-order valence-corrected chi connectivity index (χ3v) is 12.1.